The van der Waals surface area contributed by atoms with Crippen LogP contribution in [0.25, 0.3) is 0 Å². The van der Waals surface area contributed by atoms with Crippen molar-refractivity contribution in [3.63, 3.8) is 0 Å². The van der Waals surface area contributed by atoms with E-state index in [-0.39, 0.29) is 19.4 Å². The standard InChI is InChI=1S/C55H93NO10/c1-4-7-10-13-16-19-22-24-27-30-33-36-39-42-48(59)54(63)56-46(47(58)41-38-35-32-29-26-21-18-15-12-9-6-3)45-64-55-53(52(62)51(61)49(44-57)65-55)66-50(60)43-40-37-34-31-28-25-23-20-17-14-11-8-5-2/h7-8,10-11,14,16-17,19-20,23-24,27,38,41,46-49,51-53,55,57-59,61-62H,4-6,9,12-13,15,18,21-22,25-26,28-37,39-40,42-45H2,1-3H3,(H,56,63)/b10-7+,11-8+,17-14+,19-16+,23-20-,27-24+,41-38+. The first kappa shape index (κ1) is 60.9. The van der Waals surface area contributed by atoms with E-state index in [4.69, 9.17) is 14.2 Å². The number of hydrogen-bond acceptors (Lipinski definition) is 10. The van der Waals surface area contributed by atoms with Gasteiger partial charge in [0.1, 0.15) is 24.4 Å². The van der Waals surface area contributed by atoms with Crippen LogP contribution < -0.4 is 5.32 Å². The summed E-state index contributed by atoms with van der Waals surface area (Å²) >= 11 is 0. The number of esters is 1. The summed E-state index contributed by atoms with van der Waals surface area (Å²) in [6, 6.07) is -1.04. The normalized spacial score (nSPS) is 20.9. The van der Waals surface area contributed by atoms with Gasteiger partial charge in [-0.25, -0.2) is 0 Å². The smallest absolute Gasteiger partial charge is 0.306 e. The van der Waals surface area contributed by atoms with Crippen molar-refractivity contribution in [1.82, 2.24) is 5.32 Å². The van der Waals surface area contributed by atoms with Crippen LogP contribution in [0.1, 0.15) is 188 Å². The van der Waals surface area contributed by atoms with Gasteiger partial charge >= 0.3 is 5.97 Å². The number of carbonyl (C=O) groups excluding carboxylic acids is 2. The van der Waals surface area contributed by atoms with Crippen LogP contribution in [-0.4, -0.2) is 99.6 Å². The van der Waals surface area contributed by atoms with Gasteiger partial charge in [-0.3, -0.25) is 9.59 Å². The maximum atomic E-state index is 13.3. The molecule has 0 radical (unpaired) electrons. The van der Waals surface area contributed by atoms with E-state index < -0.39 is 67.4 Å². The maximum Gasteiger partial charge on any atom is 0.306 e. The minimum Gasteiger partial charge on any atom is -0.454 e. The molecule has 1 amide bonds. The molecule has 0 spiro atoms. The van der Waals surface area contributed by atoms with Gasteiger partial charge in [-0.2, -0.15) is 0 Å². The van der Waals surface area contributed by atoms with Gasteiger partial charge in [-0.1, -0.05) is 189 Å². The molecule has 8 unspecified atom stereocenters. The molecule has 8 atom stereocenters. The number of hydrogen-bond donors (Lipinski definition) is 6. The Hall–Kier alpha value is -3.16. The molecule has 0 aromatic carbocycles. The zero-order valence-electron chi connectivity index (χ0n) is 41.3. The Bertz CT molecular complexity index is 1390. The average Bonchev–Trinajstić information content (AvgIpc) is 3.31. The fraction of sp³-hybridized carbons (Fsp3) is 0.709. The second-order valence-electron chi connectivity index (χ2n) is 17.5. The highest BCUT2D eigenvalue weighted by atomic mass is 16.7. The number of amides is 1. The van der Waals surface area contributed by atoms with E-state index in [2.05, 4.69) is 74.7 Å². The third-order valence-electron chi connectivity index (χ3n) is 11.6. The summed E-state index contributed by atoms with van der Waals surface area (Å²) in [7, 11) is 0. The minimum absolute atomic E-state index is 0.0935. The molecule has 11 heteroatoms. The van der Waals surface area contributed by atoms with Gasteiger partial charge in [-0.05, 0) is 77.0 Å². The molecule has 11 nitrogen and oxygen atoms in total. The van der Waals surface area contributed by atoms with Crippen LogP contribution in [-0.2, 0) is 23.8 Å². The Morgan fingerprint density at radius 1 is 0.621 bits per heavy atom. The molecule has 378 valence electrons. The largest absolute Gasteiger partial charge is 0.454 e. The van der Waals surface area contributed by atoms with Gasteiger partial charge < -0.3 is 45.1 Å². The molecule has 0 bridgehead atoms. The van der Waals surface area contributed by atoms with Gasteiger partial charge in [-0.15, -0.1) is 0 Å². The van der Waals surface area contributed by atoms with Crippen molar-refractivity contribution < 1.29 is 49.3 Å². The van der Waals surface area contributed by atoms with E-state index in [0.29, 0.717) is 12.8 Å². The summed E-state index contributed by atoms with van der Waals surface area (Å²) in [5, 5.41) is 56.5. The zero-order valence-corrected chi connectivity index (χ0v) is 41.3. The van der Waals surface area contributed by atoms with Crippen molar-refractivity contribution in [2.75, 3.05) is 13.2 Å². The third-order valence-corrected chi connectivity index (χ3v) is 11.6. The summed E-state index contributed by atoms with van der Waals surface area (Å²) in [6.45, 7) is 5.46. The lowest BCUT2D eigenvalue weighted by Gasteiger charge is -2.41. The molecule has 1 heterocycles. The number of ether oxygens (including phenoxy) is 3. The highest BCUT2D eigenvalue weighted by Gasteiger charge is 2.47. The first-order valence-corrected chi connectivity index (χ1v) is 25.9. The Morgan fingerprint density at radius 2 is 1.17 bits per heavy atom. The molecule has 0 saturated carbocycles. The number of aliphatic hydroxyl groups excluding tert-OH is 5. The first-order chi connectivity index (χ1) is 32.2. The monoisotopic (exact) mass is 928 g/mol. The molecule has 0 aromatic heterocycles. The van der Waals surface area contributed by atoms with E-state index in [9.17, 15) is 35.1 Å². The van der Waals surface area contributed by atoms with E-state index in [1.165, 1.54) is 38.5 Å². The maximum absolute atomic E-state index is 13.3. The second-order valence-corrected chi connectivity index (χ2v) is 17.5. The van der Waals surface area contributed by atoms with Gasteiger partial charge in [0.15, 0.2) is 12.4 Å². The van der Waals surface area contributed by atoms with Crippen LogP contribution in [0.15, 0.2) is 85.1 Å². The lowest BCUT2D eigenvalue weighted by molar-refractivity contribution is -0.305. The summed E-state index contributed by atoms with van der Waals surface area (Å²) in [6.07, 6.45) is 43.5. The predicted molar refractivity (Wildman–Crippen MR) is 269 cm³/mol. The number of unbranched alkanes of at least 4 members (excludes halogenated alkanes) is 17. The molecular weight excluding hydrogens is 835 g/mol. The van der Waals surface area contributed by atoms with Crippen LogP contribution in [0.2, 0.25) is 0 Å². The third kappa shape index (κ3) is 31.7. The molecule has 1 saturated heterocycles. The van der Waals surface area contributed by atoms with Crippen LogP contribution in [0.3, 0.4) is 0 Å². The summed E-state index contributed by atoms with van der Waals surface area (Å²) < 4.78 is 17.5. The van der Waals surface area contributed by atoms with Crippen LogP contribution >= 0.6 is 0 Å². The summed E-state index contributed by atoms with van der Waals surface area (Å²) in [5.41, 5.74) is 0. The van der Waals surface area contributed by atoms with E-state index in [1.807, 2.05) is 30.4 Å². The SMILES string of the molecule is CC/C=C/C=C/C=C\CCCCCCCC(=O)OC1C(OCC(NC(=O)C(O)CCCCC/C=C/C/C=C/C/C=C/CC)C(O)/C=C/CCCCCCCCCCC)OC(CO)C(O)C1O. The van der Waals surface area contributed by atoms with Crippen LogP contribution in [0.4, 0.5) is 0 Å². The molecule has 0 aromatic rings. The number of aliphatic hydroxyl groups is 5. The van der Waals surface area contributed by atoms with Gasteiger partial charge in [0.2, 0.25) is 5.91 Å². The molecule has 1 aliphatic rings. The number of rotatable bonds is 41. The lowest BCUT2D eigenvalue weighted by atomic mass is 9.99. The molecule has 66 heavy (non-hydrogen) atoms. The molecule has 0 aliphatic carbocycles. The summed E-state index contributed by atoms with van der Waals surface area (Å²) in [5.74, 6) is -1.25. The quantitative estimate of drug-likeness (QED) is 0.0150. The second kappa shape index (κ2) is 43.1. The van der Waals surface area contributed by atoms with Gasteiger partial charge in [0.25, 0.3) is 0 Å². The minimum atomic E-state index is -1.63. The average molecular weight is 928 g/mol. The highest BCUT2D eigenvalue weighted by Crippen LogP contribution is 2.26. The lowest BCUT2D eigenvalue weighted by Crippen LogP contribution is -2.61. The van der Waals surface area contributed by atoms with Crippen molar-refractivity contribution >= 4 is 11.9 Å². The van der Waals surface area contributed by atoms with E-state index in [1.54, 1.807) is 6.08 Å². The van der Waals surface area contributed by atoms with Gasteiger partial charge in [0.05, 0.1) is 25.4 Å². The Kier molecular flexibility index (Phi) is 39.8. The Balaban J connectivity index is 2.82. The number of nitrogens with one attached hydrogen (secondary N) is 1. The topological polar surface area (TPSA) is 175 Å². The highest BCUT2D eigenvalue weighted by molar-refractivity contribution is 5.80. The van der Waals surface area contributed by atoms with Crippen LogP contribution in [0, 0.1) is 0 Å². The van der Waals surface area contributed by atoms with E-state index >= 15 is 0 Å². The predicted octanol–water partition coefficient (Wildman–Crippen LogP) is 10.7. The number of carbonyl (C=O) groups is 2. The fourth-order valence-corrected chi connectivity index (χ4v) is 7.49. The zero-order chi connectivity index (χ0) is 48.3. The number of allylic oxidation sites excluding steroid dienone is 13. The van der Waals surface area contributed by atoms with Crippen LogP contribution in [0.5, 0.6) is 0 Å². The van der Waals surface area contributed by atoms with Crippen molar-refractivity contribution in [3.8, 4) is 0 Å². The Labute approximate surface area is 400 Å². The van der Waals surface area contributed by atoms with Crippen molar-refractivity contribution in [2.45, 2.75) is 237 Å². The summed E-state index contributed by atoms with van der Waals surface area (Å²) in [4.78, 5) is 26.3. The molecule has 1 rings (SSSR count). The first-order valence-electron chi connectivity index (χ1n) is 25.9. The Morgan fingerprint density at radius 3 is 1.80 bits per heavy atom. The van der Waals surface area contributed by atoms with Crippen molar-refractivity contribution in [2.24, 2.45) is 0 Å². The fourth-order valence-electron chi connectivity index (χ4n) is 7.49. The van der Waals surface area contributed by atoms with Gasteiger partial charge in [0, 0.05) is 6.42 Å². The molecule has 1 aliphatic heterocycles. The molecular formula is C55H93NO10. The van der Waals surface area contributed by atoms with Crippen molar-refractivity contribution in [3.05, 3.63) is 85.1 Å². The van der Waals surface area contributed by atoms with Crippen molar-refractivity contribution in [1.29, 1.82) is 0 Å². The van der Waals surface area contributed by atoms with E-state index in [0.717, 1.165) is 103 Å². The molecule has 1 fully saturated rings. The molecule has 6 N–H and O–H groups in total.